The molecule has 1 saturated heterocycles. The fourth-order valence-corrected chi connectivity index (χ4v) is 6.66. The quantitative estimate of drug-likeness (QED) is 0.385. The van der Waals surface area contributed by atoms with Crippen LogP contribution in [0, 0.1) is 13.8 Å². The average Bonchev–Trinajstić information content (AvgIpc) is 3.42. The van der Waals surface area contributed by atoms with Crippen molar-refractivity contribution >= 4 is 10.9 Å². The van der Waals surface area contributed by atoms with Crippen molar-refractivity contribution < 1.29 is 0 Å². The maximum absolute atomic E-state index is 13.7. The molecule has 0 amide bonds. The Morgan fingerprint density at radius 2 is 1.74 bits per heavy atom. The third kappa shape index (κ3) is 5.54. The maximum atomic E-state index is 13.7. The molecular formula is C31H39N7O. The number of H-pyrrole nitrogens is 1. The Morgan fingerprint density at radius 1 is 0.974 bits per heavy atom. The number of nitrogens with zero attached hydrogens (tertiary/aromatic N) is 6. The molecule has 4 aromatic rings. The SMILES string of the molecule is Cc1cc(C)c2[nH]c(=O)c(C(c3nnnn3CCc3ccccc3)N3CCN(C4CCCCC4)CC3)cc2c1. The number of tetrazole rings is 1. The zero-order chi connectivity index (χ0) is 26.8. The van der Waals surface area contributed by atoms with Gasteiger partial charge < -0.3 is 4.98 Å². The zero-order valence-corrected chi connectivity index (χ0v) is 23.1. The minimum absolute atomic E-state index is 0.0632. The highest BCUT2D eigenvalue weighted by molar-refractivity contribution is 5.83. The van der Waals surface area contributed by atoms with Crippen LogP contribution in [0.15, 0.2) is 53.3 Å². The number of nitrogens with one attached hydrogen (secondary N) is 1. The summed E-state index contributed by atoms with van der Waals surface area (Å²) < 4.78 is 1.90. The molecule has 1 saturated carbocycles. The fraction of sp³-hybridized carbons (Fsp3) is 0.484. The molecule has 2 fully saturated rings. The van der Waals surface area contributed by atoms with E-state index >= 15 is 0 Å². The average molecular weight is 526 g/mol. The van der Waals surface area contributed by atoms with Crippen molar-refractivity contribution in [3.63, 3.8) is 0 Å². The van der Waals surface area contributed by atoms with Crippen molar-refractivity contribution in [2.45, 2.75) is 71.0 Å². The molecule has 8 nitrogen and oxygen atoms in total. The van der Waals surface area contributed by atoms with E-state index in [0.717, 1.165) is 60.5 Å². The summed E-state index contributed by atoms with van der Waals surface area (Å²) in [7, 11) is 0. The van der Waals surface area contributed by atoms with E-state index in [-0.39, 0.29) is 11.6 Å². The predicted molar refractivity (Wildman–Crippen MR) is 154 cm³/mol. The first kappa shape index (κ1) is 25.9. The van der Waals surface area contributed by atoms with Gasteiger partial charge in [-0.2, -0.15) is 0 Å². The number of aryl methyl sites for hydroxylation is 4. The molecule has 2 aromatic heterocycles. The standard InChI is InChI=1S/C31H39N7O/c1-22-19-23(2)28-25(20-22)21-27(31(39)32-28)29(37-17-15-36(16-18-37)26-11-7-4-8-12-26)30-33-34-35-38(30)14-13-24-9-5-3-6-10-24/h3,5-6,9-10,19-21,26,29H,4,7-8,11-18H2,1-2H3,(H,32,39). The van der Waals surface area contributed by atoms with E-state index in [0.29, 0.717) is 12.6 Å². The van der Waals surface area contributed by atoms with E-state index in [9.17, 15) is 4.79 Å². The Kier molecular flexibility index (Phi) is 7.57. The van der Waals surface area contributed by atoms with Gasteiger partial charge in [0.25, 0.3) is 5.56 Å². The number of aromatic nitrogens is 5. The van der Waals surface area contributed by atoms with Crippen LogP contribution in [0.1, 0.15) is 66.2 Å². The van der Waals surface area contributed by atoms with Crippen LogP contribution in [0.4, 0.5) is 0 Å². The monoisotopic (exact) mass is 525 g/mol. The highest BCUT2D eigenvalue weighted by Crippen LogP contribution is 2.30. The van der Waals surface area contributed by atoms with Crippen LogP contribution >= 0.6 is 0 Å². The number of hydrogen-bond donors (Lipinski definition) is 1. The highest BCUT2D eigenvalue weighted by Gasteiger charge is 2.34. The number of pyridine rings is 1. The third-order valence-electron chi connectivity index (χ3n) is 8.68. The van der Waals surface area contributed by atoms with Crippen LogP contribution < -0.4 is 5.56 Å². The molecule has 3 heterocycles. The number of aromatic amines is 1. The third-order valence-corrected chi connectivity index (χ3v) is 8.68. The summed E-state index contributed by atoms with van der Waals surface area (Å²) in [4.78, 5) is 22.0. The van der Waals surface area contributed by atoms with Gasteiger partial charge in [0.1, 0.15) is 6.04 Å². The Labute approximate surface area is 230 Å². The van der Waals surface area contributed by atoms with Crippen LogP contribution in [0.3, 0.4) is 0 Å². The molecule has 1 N–H and O–H groups in total. The Balaban J connectivity index is 1.35. The zero-order valence-electron chi connectivity index (χ0n) is 23.1. The van der Waals surface area contributed by atoms with Crippen molar-refractivity contribution in [3.05, 3.63) is 87.0 Å². The molecule has 1 unspecified atom stereocenters. The Hall–Kier alpha value is -3.36. The van der Waals surface area contributed by atoms with E-state index in [4.69, 9.17) is 0 Å². The number of benzene rings is 2. The van der Waals surface area contributed by atoms with Gasteiger partial charge in [0.2, 0.25) is 0 Å². The number of fused-ring (bicyclic) bond motifs is 1. The van der Waals surface area contributed by atoms with Crippen molar-refractivity contribution in [1.82, 2.24) is 35.0 Å². The van der Waals surface area contributed by atoms with E-state index in [1.54, 1.807) is 0 Å². The number of piperazine rings is 1. The van der Waals surface area contributed by atoms with Gasteiger partial charge in [-0.05, 0) is 72.2 Å². The van der Waals surface area contributed by atoms with E-state index in [2.05, 4.69) is 86.6 Å². The van der Waals surface area contributed by atoms with E-state index in [1.807, 2.05) is 10.7 Å². The predicted octanol–water partition coefficient (Wildman–Crippen LogP) is 4.41. The smallest absolute Gasteiger partial charge is 0.253 e. The lowest BCUT2D eigenvalue weighted by Gasteiger charge is -2.43. The van der Waals surface area contributed by atoms with E-state index in [1.165, 1.54) is 43.2 Å². The lowest BCUT2D eigenvalue weighted by atomic mass is 9.93. The van der Waals surface area contributed by atoms with Gasteiger partial charge >= 0.3 is 0 Å². The molecular weight excluding hydrogens is 486 g/mol. The summed E-state index contributed by atoms with van der Waals surface area (Å²) in [5.41, 5.74) is 5.06. The molecule has 8 heteroatoms. The summed E-state index contributed by atoms with van der Waals surface area (Å²) in [6.07, 6.45) is 7.50. The lowest BCUT2D eigenvalue weighted by molar-refractivity contribution is 0.0617. The summed E-state index contributed by atoms with van der Waals surface area (Å²) in [5, 5.41) is 14.1. The second-order valence-electron chi connectivity index (χ2n) is 11.4. The molecule has 2 aromatic carbocycles. The van der Waals surface area contributed by atoms with Crippen molar-refractivity contribution in [2.24, 2.45) is 0 Å². The largest absolute Gasteiger partial charge is 0.321 e. The van der Waals surface area contributed by atoms with E-state index < -0.39 is 0 Å². The Morgan fingerprint density at radius 3 is 2.51 bits per heavy atom. The molecule has 1 aliphatic heterocycles. The maximum Gasteiger partial charge on any atom is 0.253 e. The van der Waals surface area contributed by atoms with Gasteiger partial charge in [0.15, 0.2) is 5.82 Å². The molecule has 2 aliphatic rings. The minimum Gasteiger partial charge on any atom is -0.321 e. The first-order valence-electron chi connectivity index (χ1n) is 14.5. The molecule has 1 aliphatic carbocycles. The molecule has 0 spiro atoms. The van der Waals surface area contributed by atoms with Crippen LogP contribution in [-0.2, 0) is 13.0 Å². The number of rotatable bonds is 7. The molecule has 6 rings (SSSR count). The van der Waals surface area contributed by atoms with Gasteiger partial charge in [-0.15, -0.1) is 5.10 Å². The first-order chi connectivity index (χ1) is 19.1. The van der Waals surface area contributed by atoms with Crippen LogP contribution in [-0.4, -0.2) is 67.2 Å². The van der Waals surface area contributed by atoms with Gasteiger partial charge in [-0.1, -0.05) is 61.2 Å². The molecule has 204 valence electrons. The van der Waals surface area contributed by atoms with Crippen LogP contribution in [0.5, 0.6) is 0 Å². The summed E-state index contributed by atoms with van der Waals surface area (Å²) in [6, 6.07) is 17.1. The van der Waals surface area contributed by atoms with Crippen molar-refractivity contribution in [1.29, 1.82) is 0 Å². The lowest BCUT2D eigenvalue weighted by Crippen LogP contribution is -2.52. The molecule has 1 atom stereocenters. The summed E-state index contributed by atoms with van der Waals surface area (Å²) in [6.45, 7) is 8.61. The molecule has 0 radical (unpaired) electrons. The number of hydrogen-bond acceptors (Lipinski definition) is 6. The summed E-state index contributed by atoms with van der Waals surface area (Å²) >= 11 is 0. The van der Waals surface area contributed by atoms with Crippen molar-refractivity contribution in [2.75, 3.05) is 26.2 Å². The molecule has 0 bridgehead atoms. The van der Waals surface area contributed by atoms with Gasteiger partial charge in [-0.3, -0.25) is 14.6 Å². The fourth-order valence-electron chi connectivity index (χ4n) is 6.66. The second-order valence-corrected chi connectivity index (χ2v) is 11.4. The normalized spacial score (nSPS) is 18.5. The van der Waals surface area contributed by atoms with Crippen LogP contribution in [0.25, 0.3) is 10.9 Å². The molecule has 39 heavy (non-hydrogen) atoms. The topological polar surface area (TPSA) is 82.9 Å². The van der Waals surface area contributed by atoms with Crippen LogP contribution in [0.2, 0.25) is 0 Å². The van der Waals surface area contributed by atoms with Crippen molar-refractivity contribution in [3.8, 4) is 0 Å². The Bertz CT molecular complexity index is 1460. The van der Waals surface area contributed by atoms with Gasteiger partial charge in [-0.25, -0.2) is 4.68 Å². The first-order valence-corrected chi connectivity index (χ1v) is 14.5. The van der Waals surface area contributed by atoms with Gasteiger partial charge in [0, 0.05) is 44.3 Å². The summed E-state index contributed by atoms with van der Waals surface area (Å²) in [5.74, 6) is 0.742. The second kappa shape index (κ2) is 11.4. The van der Waals surface area contributed by atoms with Gasteiger partial charge in [0.05, 0.1) is 5.52 Å². The highest BCUT2D eigenvalue weighted by atomic mass is 16.1. The minimum atomic E-state index is -0.307.